The van der Waals surface area contributed by atoms with Gasteiger partial charge in [-0.15, -0.1) is 0 Å². The summed E-state index contributed by atoms with van der Waals surface area (Å²) in [6.45, 7) is 4.56. The van der Waals surface area contributed by atoms with Crippen LogP contribution < -0.4 is 10.7 Å². The Labute approximate surface area is 119 Å². The maximum Gasteiger partial charge on any atom is 0.259 e. The molecule has 2 heterocycles. The third-order valence-electron chi connectivity index (χ3n) is 3.99. The summed E-state index contributed by atoms with van der Waals surface area (Å²) in [6, 6.07) is 1.52. The van der Waals surface area contributed by atoms with Gasteiger partial charge < -0.3 is 14.8 Å². The van der Waals surface area contributed by atoms with Crippen LogP contribution >= 0.6 is 0 Å². The number of aromatic nitrogens is 1. The van der Waals surface area contributed by atoms with E-state index < -0.39 is 0 Å². The first-order valence-corrected chi connectivity index (χ1v) is 7.12. The molecule has 5 nitrogen and oxygen atoms in total. The van der Waals surface area contributed by atoms with Gasteiger partial charge in [0.05, 0.1) is 0 Å². The van der Waals surface area contributed by atoms with Crippen LogP contribution in [0, 0.1) is 12.8 Å². The van der Waals surface area contributed by atoms with Gasteiger partial charge in [0.25, 0.3) is 5.91 Å². The molecule has 110 valence electrons. The highest BCUT2D eigenvalue weighted by molar-refractivity contribution is 5.93. The van der Waals surface area contributed by atoms with E-state index in [0.29, 0.717) is 12.5 Å². The van der Waals surface area contributed by atoms with Gasteiger partial charge in [-0.2, -0.15) is 0 Å². The minimum Gasteiger partial charge on any atom is -0.354 e. The van der Waals surface area contributed by atoms with Crippen LogP contribution in [0.15, 0.2) is 17.1 Å². The molecule has 0 bridgehead atoms. The molecule has 1 fully saturated rings. The summed E-state index contributed by atoms with van der Waals surface area (Å²) in [5.41, 5.74) is 0.911. The van der Waals surface area contributed by atoms with E-state index in [0.717, 1.165) is 31.6 Å². The molecule has 1 atom stereocenters. The van der Waals surface area contributed by atoms with E-state index in [4.69, 9.17) is 0 Å². The van der Waals surface area contributed by atoms with Crippen molar-refractivity contribution in [2.45, 2.75) is 19.8 Å². The predicted octanol–water partition coefficient (Wildman–Crippen LogP) is 0.765. The molecule has 0 aromatic carbocycles. The highest BCUT2D eigenvalue weighted by atomic mass is 16.2. The number of pyridine rings is 1. The van der Waals surface area contributed by atoms with Gasteiger partial charge >= 0.3 is 0 Å². The molecule has 0 spiro atoms. The number of aryl methyl sites for hydroxylation is 2. The quantitative estimate of drug-likeness (QED) is 0.887. The van der Waals surface area contributed by atoms with Gasteiger partial charge in [0.15, 0.2) is 5.43 Å². The van der Waals surface area contributed by atoms with Crippen LogP contribution in [0.1, 0.15) is 28.9 Å². The van der Waals surface area contributed by atoms with E-state index in [-0.39, 0.29) is 16.9 Å². The van der Waals surface area contributed by atoms with Crippen LogP contribution in [0.3, 0.4) is 0 Å². The van der Waals surface area contributed by atoms with Crippen molar-refractivity contribution in [2.24, 2.45) is 13.0 Å². The fourth-order valence-electron chi connectivity index (χ4n) is 2.64. The third kappa shape index (κ3) is 3.28. The third-order valence-corrected chi connectivity index (χ3v) is 3.99. The van der Waals surface area contributed by atoms with E-state index in [9.17, 15) is 9.59 Å². The molecule has 1 aliphatic rings. The summed E-state index contributed by atoms with van der Waals surface area (Å²) in [7, 11) is 3.62. The van der Waals surface area contributed by atoms with E-state index >= 15 is 0 Å². The first kappa shape index (κ1) is 14.8. The van der Waals surface area contributed by atoms with Crippen molar-refractivity contribution in [3.63, 3.8) is 0 Å². The lowest BCUT2D eigenvalue weighted by molar-refractivity contribution is 0.0762. The molecule has 1 N–H and O–H groups in total. The predicted molar refractivity (Wildman–Crippen MR) is 79.0 cm³/mol. The van der Waals surface area contributed by atoms with Crippen molar-refractivity contribution in [2.75, 3.05) is 26.7 Å². The van der Waals surface area contributed by atoms with E-state index in [1.807, 2.05) is 18.5 Å². The maximum absolute atomic E-state index is 12.4. The summed E-state index contributed by atoms with van der Waals surface area (Å²) in [5.74, 6) is 0.295. The van der Waals surface area contributed by atoms with Gasteiger partial charge in [-0.1, -0.05) is 0 Å². The standard InChI is InChI=1S/C15H23N3O2/c1-11-7-14(19)13(10-17(11)2)15(20)18(3)9-12-5-4-6-16-8-12/h7,10,12,16H,4-6,8-9H2,1-3H3/t12-/m1/s1. The lowest BCUT2D eigenvalue weighted by Crippen LogP contribution is -2.40. The average Bonchev–Trinajstić information content (AvgIpc) is 2.43. The zero-order valence-electron chi connectivity index (χ0n) is 12.5. The molecule has 20 heavy (non-hydrogen) atoms. The molecular formula is C15H23N3O2. The smallest absolute Gasteiger partial charge is 0.259 e. The molecule has 1 amide bonds. The van der Waals surface area contributed by atoms with Gasteiger partial charge in [-0.25, -0.2) is 0 Å². The number of nitrogens with one attached hydrogen (secondary N) is 1. The van der Waals surface area contributed by atoms with Crippen molar-refractivity contribution in [1.29, 1.82) is 0 Å². The Kier molecular flexibility index (Phi) is 4.60. The fourth-order valence-corrected chi connectivity index (χ4v) is 2.64. The summed E-state index contributed by atoms with van der Waals surface area (Å²) in [5, 5.41) is 3.34. The second-order valence-corrected chi connectivity index (χ2v) is 5.70. The number of amides is 1. The Bertz CT molecular complexity index is 545. The molecule has 1 saturated heterocycles. The SMILES string of the molecule is Cc1cc(=O)c(C(=O)N(C)C[C@@H]2CCCNC2)cn1C. The summed E-state index contributed by atoms with van der Waals surface area (Å²) >= 11 is 0. The van der Waals surface area contributed by atoms with Crippen LogP contribution in [0.25, 0.3) is 0 Å². The number of hydrogen-bond acceptors (Lipinski definition) is 3. The average molecular weight is 277 g/mol. The van der Waals surface area contributed by atoms with Gasteiger partial charge in [0, 0.05) is 38.6 Å². The summed E-state index contributed by atoms with van der Waals surface area (Å²) in [4.78, 5) is 26.0. The van der Waals surface area contributed by atoms with Crippen molar-refractivity contribution in [3.8, 4) is 0 Å². The van der Waals surface area contributed by atoms with Gasteiger partial charge in [-0.3, -0.25) is 9.59 Å². The molecule has 5 heteroatoms. The van der Waals surface area contributed by atoms with Crippen LogP contribution in [-0.2, 0) is 7.05 Å². The molecule has 0 saturated carbocycles. The Morgan fingerprint density at radius 1 is 1.55 bits per heavy atom. The van der Waals surface area contributed by atoms with Gasteiger partial charge in [0.1, 0.15) is 5.56 Å². The second kappa shape index (κ2) is 6.22. The Balaban J connectivity index is 2.10. The van der Waals surface area contributed by atoms with Crippen LogP contribution in [0.5, 0.6) is 0 Å². The first-order valence-electron chi connectivity index (χ1n) is 7.12. The Morgan fingerprint density at radius 3 is 2.95 bits per heavy atom. The maximum atomic E-state index is 12.4. The Morgan fingerprint density at radius 2 is 2.30 bits per heavy atom. The molecule has 1 aliphatic heterocycles. The molecule has 0 unspecified atom stereocenters. The Hall–Kier alpha value is -1.62. The fraction of sp³-hybridized carbons (Fsp3) is 0.600. The van der Waals surface area contributed by atoms with E-state index in [1.165, 1.54) is 6.07 Å². The topological polar surface area (TPSA) is 54.3 Å². The lowest BCUT2D eigenvalue weighted by Gasteiger charge is -2.27. The minimum atomic E-state index is -0.195. The molecular weight excluding hydrogens is 254 g/mol. The zero-order valence-corrected chi connectivity index (χ0v) is 12.5. The molecule has 0 aliphatic carbocycles. The monoisotopic (exact) mass is 277 g/mol. The zero-order chi connectivity index (χ0) is 14.7. The first-order chi connectivity index (χ1) is 9.49. The number of carbonyl (C=O) groups is 1. The van der Waals surface area contributed by atoms with Crippen LogP contribution in [0.4, 0.5) is 0 Å². The van der Waals surface area contributed by atoms with Gasteiger partial charge in [0.2, 0.25) is 0 Å². The number of piperidine rings is 1. The van der Waals surface area contributed by atoms with Crippen molar-refractivity contribution >= 4 is 5.91 Å². The second-order valence-electron chi connectivity index (χ2n) is 5.70. The van der Waals surface area contributed by atoms with Crippen molar-refractivity contribution < 1.29 is 4.79 Å². The van der Waals surface area contributed by atoms with Crippen LogP contribution in [-0.4, -0.2) is 42.1 Å². The molecule has 1 aromatic rings. The molecule has 1 aromatic heterocycles. The summed E-state index contributed by atoms with van der Waals surface area (Å²) < 4.78 is 1.81. The number of hydrogen-bond donors (Lipinski definition) is 1. The lowest BCUT2D eigenvalue weighted by atomic mass is 9.99. The highest BCUT2D eigenvalue weighted by Gasteiger charge is 2.20. The number of nitrogens with zero attached hydrogens (tertiary/aromatic N) is 2. The van der Waals surface area contributed by atoms with Crippen molar-refractivity contribution in [3.05, 3.63) is 33.7 Å². The van der Waals surface area contributed by atoms with E-state index in [1.54, 1.807) is 18.1 Å². The largest absolute Gasteiger partial charge is 0.354 e. The van der Waals surface area contributed by atoms with Gasteiger partial charge in [-0.05, 0) is 38.8 Å². The summed E-state index contributed by atoms with van der Waals surface area (Å²) in [6.07, 6.45) is 3.92. The number of rotatable bonds is 3. The highest BCUT2D eigenvalue weighted by Crippen LogP contribution is 2.12. The molecule has 0 radical (unpaired) electrons. The van der Waals surface area contributed by atoms with E-state index in [2.05, 4.69) is 5.32 Å². The minimum absolute atomic E-state index is 0.184. The number of carbonyl (C=O) groups excluding carboxylic acids is 1. The van der Waals surface area contributed by atoms with Crippen molar-refractivity contribution in [1.82, 2.24) is 14.8 Å². The molecule has 2 rings (SSSR count). The van der Waals surface area contributed by atoms with Crippen LogP contribution in [0.2, 0.25) is 0 Å². The normalized spacial score (nSPS) is 18.9.